The molecular formula is C17H34N2O2. The molecule has 1 aliphatic heterocycles. The van der Waals surface area contributed by atoms with Crippen molar-refractivity contribution in [3.63, 3.8) is 0 Å². The molecule has 0 aliphatic carbocycles. The van der Waals surface area contributed by atoms with Crippen LogP contribution in [0.25, 0.3) is 0 Å². The Balaban J connectivity index is 2.42. The third kappa shape index (κ3) is 6.35. The van der Waals surface area contributed by atoms with E-state index in [1.54, 1.807) is 0 Å². The Labute approximate surface area is 130 Å². The lowest BCUT2D eigenvalue weighted by Crippen LogP contribution is -2.38. The number of ether oxygens (including phenoxy) is 1. The van der Waals surface area contributed by atoms with Gasteiger partial charge in [0.15, 0.2) is 0 Å². The zero-order valence-corrected chi connectivity index (χ0v) is 14.5. The second-order valence-corrected chi connectivity index (χ2v) is 7.01. The summed E-state index contributed by atoms with van der Waals surface area (Å²) in [5.74, 6) is 1.40. The molecule has 1 fully saturated rings. The van der Waals surface area contributed by atoms with Crippen molar-refractivity contribution in [1.82, 2.24) is 10.2 Å². The van der Waals surface area contributed by atoms with Gasteiger partial charge in [-0.25, -0.2) is 0 Å². The van der Waals surface area contributed by atoms with Gasteiger partial charge in [-0.15, -0.1) is 0 Å². The lowest BCUT2D eigenvalue weighted by Gasteiger charge is -2.23. The summed E-state index contributed by atoms with van der Waals surface area (Å²) in [6, 6.07) is 0.0122. The molecular weight excluding hydrogens is 264 g/mol. The van der Waals surface area contributed by atoms with E-state index in [4.69, 9.17) is 4.74 Å². The van der Waals surface area contributed by atoms with Crippen molar-refractivity contribution in [2.45, 2.75) is 72.5 Å². The molecule has 4 nitrogen and oxygen atoms in total. The molecule has 0 aromatic heterocycles. The van der Waals surface area contributed by atoms with E-state index in [-0.39, 0.29) is 18.1 Å². The van der Waals surface area contributed by atoms with Crippen LogP contribution in [0.5, 0.6) is 0 Å². The van der Waals surface area contributed by atoms with Crippen molar-refractivity contribution in [3.05, 3.63) is 0 Å². The summed E-state index contributed by atoms with van der Waals surface area (Å²) in [5, 5.41) is 3.52. The minimum absolute atomic E-state index is 0.0122. The highest BCUT2D eigenvalue weighted by Gasteiger charge is 2.37. The lowest BCUT2D eigenvalue weighted by molar-refractivity contribution is -0.130. The van der Waals surface area contributed by atoms with E-state index in [1.807, 2.05) is 4.90 Å². The van der Waals surface area contributed by atoms with Crippen LogP contribution in [0.15, 0.2) is 0 Å². The SMILES string of the molecule is CCCC1NC(CC(C)C)C(=O)N1CCCOCC(C)C. The summed E-state index contributed by atoms with van der Waals surface area (Å²) in [4.78, 5) is 14.6. The number of carbonyl (C=O) groups is 1. The van der Waals surface area contributed by atoms with Gasteiger partial charge in [-0.05, 0) is 31.1 Å². The summed E-state index contributed by atoms with van der Waals surface area (Å²) in [7, 11) is 0. The van der Waals surface area contributed by atoms with Crippen molar-refractivity contribution >= 4 is 5.91 Å². The maximum absolute atomic E-state index is 12.5. The van der Waals surface area contributed by atoms with E-state index in [0.717, 1.165) is 45.4 Å². The van der Waals surface area contributed by atoms with Gasteiger partial charge in [-0.1, -0.05) is 41.0 Å². The van der Waals surface area contributed by atoms with Crippen LogP contribution in [0.4, 0.5) is 0 Å². The van der Waals surface area contributed by atoms with E-state index in [2.05, 4.69) is 39.9 Å². The molecule has 0 radical (unpaired) electrons. The van der Waals surface area contributed by atoms with Gasteiger partial charge in [0.2, 0.25) is 5.91 Å². The maximum Gasteiger partial charge on any atom is 0.241 e. The van der Waals surface area contributed by atoms with Crippen LogP contribution in [0.3, 0.4) is 0 Å². The van der Waals surface area contributed by atoms with Crippen LogP contribution in [0, 0.1) is 11.8 Å². The highest BCUT2D eigenvalue weighted by Crippen LogP contribution is 2.20. The van der Waals surface area contributed by atoms with E-state index in [0.29, 0.717) is 11.8 Å². The zero-order valence-electron chi connectivity index (χ0n) is 14.5. The van der Waals surface area contributed by atoms with Gasteiger partial charge in [0.05, 0.1) is 12.2 Å². The minimum atomic E-state index is 0.0122. The molecule has 1 N–H and O–H groups in total. The fraction of sp³-hybridized carbons (Fsp3) is 0.941. The number of carbonyl (C=O) groups excluding carboxylic acids is 1. The van der Waals surface area contributed by atoms with Gasteiger partial charge in [0.25, 0.3) is 0 Å². The first kappa shape index (κ1) is 18.4. The molecule has 2 unspecified atom stereocenters. The zero-order chi connectivity index (χ0) is 15.8. The predicted molar refractivity (Wildman–Crippen MR) is 87.1 cm³/mol. The number of hydrogen-bond donors (Lipinski definition) is 1. The van der Waals surface area contributed by atoms with Gasteiger partial charge in [-0.2, -0.15) is 0 Å². The summed E-state index contributed by atoms with van der Waals surface area (Å²) in [6.45, 7) is 13.2. The number of nitrogens with one attached hydrogen (secondary N) is 1. The molecule has 2 atom stereocenters. The molecule has 1 heterocycles. The van der Waals surface area contributed by atoms with Crippen LogP contribution in [0.2, 0.25) is 0 Å². The van der Waals surface area contributed by atoms with Crippen molar-refractivity contribution in [2.75, 3.05) is 19.8 Å². The first-order chi connectivity index (χ1) is 9.95. The molecule has 1 amide bonds. The molecule has 21 heavy (non-hydrogen) atoms. The van der Waals surface area contributed by atoms with Crippen LogP contribution >= 0.6 is 0 Å². The number of rotatable bonds is 10. The van der Waals surface area contributed by atoms with Gasteiger partial charge >= 0.3 is 0 Å². The summed E-state index contributed by atoms with van der Waals surface area (Å²) >= 11 is 0. The molecule has 124 valence electrons. The van der Waals surface area contributed by atoms with Crippen molar-refractivity contribution in [1.29, 1.82) is 0 Å². The standard InChI is InChI=1S/C17H34N2O2/c1-6-8-16-18-15(11-13(2)3)17(20)19(16)9-7-10-21-12-14(4)5/h13-16,18H,6-12H2,1-5H3. The molecule has 0 bridgehead atoms. The van der Waals surface area contributed by atoms with Gasteiger partial charge in [0, 0.05) is 19.8 Å². The average molecular weight is 298 g/mol. The molecule has 0 saturated carbocycles. The summed E-state index contributed by atoms with van der Waals surface area (Å²) < 4.78 is 5.62. The molecule has 1 rings (SSSR count). The Morgan fingerprint density at radius 2 is 1.95 bits per heavy atom. The Hall–Kier alpha value is -0.610. The average Bonchev–Trinajstić information content (AvgIpc) is 2.66. The van der Waals surface area contributed by atoms with Crippen LogP contribution in [-0.2, 0) is 9.53 Å². The minimum Gasteiger partial charge on any atom is -0.381 e. The third-order valence-corrected chi connectivity index (χ3v) is 3.76. The Morgan fingerprint density at radius 1 is 1.24 bits per heavy atom. The fourth-order valence-electron chi connectivity index (χ4n) is 2.82. The fourth-order valence-corrected chi connectivity index (χ4v) is 2.82. The molecule has 0 aromatic carbocycles. The van der Waals surface area contributed by atoms with Crippen molar-refractivity contribution in [2.24, 2.45) is 11.8 Å². The predicted octanol–water partition coefficient (Wildman–Crippen LogP) is 3.02. The monoisotopic (exact) mass is 298 g/mol. The van der Waals surface area contributed by atoms with Gasteiger partial charge in [0.1, 0.15) is 0 Å². The molecule has 4 heteroatoms. The number of amides is 1. The Bertz CT molecular complexity index is 305. The van der Waals surface area contributed by atoms with E-state index < -0.39 is 0 Å². The van der Waals surface area contributed by atoms with Crippen molar-refractivity contribution in [3.8, 4) is 0 Å². The molecule has 1 aliphatic rings. The molecule has 0 spiro atoms. The van der Waals surface area contributed by atoms with E-state index >= 15 is 0 Å². The summed E-state index contributed by atoms with van der Waals surface area (Å²) in [6.07, 6.45) is 4.21. The topological polar surface area (TPSA) is 41.6 Å². The Kier molecular flexibility index (Phi) is 8.27. The second kappa shape index (κ2) is 9.42. The highest BCUT2D eigenvalue weighted by atomic mass is 16.5. The van der Waals surface area contributed by atoms with Crippen LogP contribution in [0.1, 0.15) is 60.3 Å². The van der Waals surface area contributed by atoms with Gasteiger partial charge in [-0.3, -0.25) is 10.1 Å². The molecule has 1 saturated heterocycles. The van der Waals surface area contributed by atoms with Crippen LogP contribution in [-0.4, -0.2) is 42.8 Å². The number of nitrogens with zero attached hydrogens (tertiary/aromatic N) is 1. The second-order valence-electron chi connectivity index (χ2n) is 7.01. The maximum atomic E-state index is 12.5. The smallest absolute Gasteiger partial charge is 0.241 e. The third-order valence-electron chi connectivity index (χ3n) is 3.76. The summed E-state index contributed by atoms with van der Waals surface area (Å²) in [5.41, 5.74) is 0. The normalized spacial score (nSPS) is 22.8. The number of hydrogen-bond acceptors (Lipinski definition) is 3. The largest absolute Gasteiger partial charge is 0.381 e. The Morgan fingerprint density at radius 3 is 2.52 bits per heavy atom. The highest BCUT2D eigenvalue weighted by molar-refractivity contribution is 5.84. The van der Waals surface area contributed by atoms with E-state index in [9.17, 15) is 4.79 Å². The first-order valence-electron chi connectivity index (χ1n) is 8.60. The molecule has 0 aromatic rings. The lowest BCUT2D eigenvalue weighted by atomic mass is 10.0. The van der Waals surface area contributed by atoms with Crippen LogP contribution < -0.4 is 5.32 Å². The van der Waals surface area contributed by atoms with Gasteiger partial charge < -0.3 is 9.64 Å². The van der Waals surface area contributed by atoms with Crippen molar-refractivity contribution < 1.29 is 9.53 Å². The van der Waals surface area contributed by atoms with E-state index in [1.165, 1.54) is 0 Å². The first-order valence-corrected chi connectivity index (χ1v) is 8.60. The quantitative estimate of drug-likeness (QED) is 0.630.